The van der Waals surface area contributed by atoms with E-state index in [0.29, 0.717) is 12.6 Å². The van der Waals surface area contributed by atoms with Gasteiger partial charge in [0.1, 0.15) is 0 Å². The van der Waals surface area contributed by atoms with Crippen LogP contribution in [-0.2, 0) is 9.53 Å². The highest BCUT2D eigenvalue weighted by Gasteiger charge is 2.28. The molecule has 0 aromatic heterocycles. The van der Waals surface area contributed by atoms with Gasteiger partial charge < -0.3 is 15.4 Å². The maximum absolute atomic E-state index is 11.8. The van der Waals surface area contributed by atoms with Gasteiger partial charge in [-0.25, -0.2) is 0 Å². The largest absolute Gasteiger partial charge is 0.378 e. The summed E-state index contributed by atoms with van der Waals surface area (Å²) in [6.07, 6.45) is 4.82. The summed E-state index contributed by atoms with van der Waals surface area (Å²) in [6, 6.07) is 0.470. The van der Waals surface area contributed by atoms with Crippen molar-refractivity contribution in [2.45, 2.75) is 44.8 Å². The van der Waals surface area contributed by atoms with Crippen LogP contribution < -0.4 is 10.6 Å². The molecule has 2 heterocycles. The van der Waals surface area contributed by atoms with E-state index in [-0.39, 0.29) is 17.9 Å². The molecule has 0 aliphatic carbocycles. The van der Waals surface area contributed by atoms with Crippen molar-refractivity contribution < 1.29 is 9.53 Å². The van der Waals surface area contributed by atoms with Crippen molar-refractivity contribution in [3.63, 3.8) is 0 Å². The topological polar surface area (TPSA) is 50.4 Å². The van der Waals surface area contributed by atoms with Crippen LogP contribution in [0.4, 0.5) is 0 Å². The summed E-state index contributed by atoms with van der Waals surface area (Å²) in [5, 5.41) is 6.46. The fourth-order valence-electron chi connectivity index (χ4n) is 2.47. The zero-order chi connectivity index (χ0) is 11.4. The van der Waals surface area contributed by atoms with Crippen LogP contribution in [-0.4, -0.2) is 37.7 Å². The SMILES string of the molecule is CC1CC(C(=O)NCC2CCCCN2)CO1. The Labute approximate surface area is 97.1 Å². The first kappa shape index (κ1) is 11.9. The molecule has 0 aromatic carbocycles. The summed E-state index contributed by atoms with van der Waals surface area (Å²) in [5.41, 5.74) is 0. The molecule has 4 heteroatoms. The third-order valence-electron chi connectivity index (χ3n) is 3.50. The molecule has 3 unspecified atom stereocenters. The maximum atomic E-state index is 11.8. The molecule has 2 N–H and O–H groups in total. The van der Waals surface area contributed by atoms with E-state index in [1.807, 2.05) is 6.92 Å². The van der Waals surface area contributed by atoms with Crippen LogP contribution in [0.2, 0.25) is 0 Å². The van der Waals surface area contributed by atoms with Gasteiger partial charge in [0.05, 0.1) is 18.6 Å². The molecule has 0 radical (unpaired) electrons. The van der Waals surface area contributed by atoms with Gasteiger partial charge in [-0.05, 0) is 32.7 Å². The number of hydrogen-bond acceptors (Lipinski definition) is 3. The van der Waals surface area contributed by atoms with E-state index >= 15 is 0 Å². The van der Waals surface area contributed by atoms with E-state index in [2.05, 4.69) is 10.6 Å². The fraction of sp³-hybridized carbons (Fsp3) is 0.917. The molecule has 2 rings (SSSR count). The smallest absolute Gasteiger partial charge is 0.225 e. The predicted octanol–water partition coefficient (Wildman–Crippen LogP) is 0.670. The lowest BCUT2D eigenvalue weighted by Crippen LogP contribution is -2.45. The lowest BCUT2D eigenvalue weighted by Gasteiger charge is -2.24. The van der Waals surface area contributed by atoms with E-state index in [9.17, 15) is 4.79 Å². The second kappa shape index (κ2) is 5.64. The van der Waals surface area contributed by atoms with Gasteiger partial charge in [0.2, 0.25) is 5.91 Å². The van der Waals surface area contributed by atoms with Gasteiger partial charge >= 0.3 is 0 Å². The highest BCUT2D eigenvalue weighted by atomic mass is 16.5. The molecule has 4 nitrogen and oxygen atoms in total. The summed E-state index contributed by atoms with van der Waals surface area (Å²) in [6.45, 7) is 4.47. The lowest BCUT2D eigenvalue weighted by molar-refractivity contribution is -0.125. The van der Waals surface area contributed by atoms with Gasteiger partial charge in [-0.3, -0.25) is 4.79 Å². The molecule has 2 aliphatic rings. The first-order valence-corrected chi connectivity index (χ1v) is 6.38. The molecular formula is C12H22N2O2. The first-order chi connectivity index (χ1) is 7.75. The van der Waals surface area contributed by atoms with E-state index in [0.717, 1.165) is 19.5 Å². The molecule has 0 aromatic rings. The minimum atomic E-state index is 0.0681. The summed E-state index contributed by atoms with van der Waals surface area (Å²) < 4.78 is 5.40. The number of amides is 1. The van der Waals surface area contributed by atoms with Gasteiger partial charge in [-0.1, -0.05) is 6.42 Å². The average Bonchev–Trinajstić information content (AvgIpc) is 2.74. The van der Waals surface area contributed by atoms with Gasteiger partial charge in [-0.15, -0.1) is 0 Å². The van der Waals surface area contributed by atoms with Crippen LogP contribution in [0.1, 0.15) is 32.6 Å². The van der Waals surface area contributed by atoms with Crippen molar-refractivity contribution in [1.29, 1.82) is 0 Å². The number of carbonyl (C=O) groups is 1. The van der Waals surface area contributed by atoms with Gasteiger partial charge in [-0.2, -0.15) is 0 Å². The number of piperidine rings is 1. The van der Waals surface area contributed by atoms with Crippen molar-refractivity contribution in [2.24, 2.45) is 5.92 Å². The zero-order valence-electron chi connectivity index (χ0n) is 10.00. The molecule has 1 amide bonds. The van der Waals surface area contributed by atoms with E-state index in [4.69, 9.17) is 4.74 Å². The molecule has 0 saturated carbocycles. The van der Waals surface area contributed by atoms with Crippen LogP contribution in [0.25, 0.3) is 0 Å². The summed E-state index contributed by atoms with van der Waals surface area (Å²) >= 11 is 0. The molecule has 2 saturated heterocycles. The van der Waals surface area contributed by atoms with E-state index in [1.54, 1.807) is 0 Å². The first-order valence-electron chi connectivity index (χ1n) is 6.38. The monoisotopic (exact) mass is 226 g/mol. The summed E-state index contributed by atoms with van der Waals surface area (Å²) in [7, 11) is 0. The van der Waals surface area contributed by atoms with Crippen molar-refractivity contribution in [1.82, 2.24) is 10.6 Å². The van der Waals surface area contributed by atoms with Crippen LogP contribution in [0, 0.1) is 5.92 Å². The minimum absolute atomic E-state index is 0.0681. The van der Waals surface area contributed by atoms with Gasteiger partial charge in [0, 0.05) is 12.6 Å². The third kappa shape index (κ3) is 3.19. The molecule has 2 aliphatic heterocycles. The molecule has 0 spiro atoms. The molecular weight excluding hydrogens is 204 g/mol. The Hall–Kier alpha value is -0.610. The summed E-state index contributed by atoms with van der Waals surface area (Å²) in [5.74, 6) is 0.232. The Balaban J connectivity index is 1.67. The highest BCUT2D eigenvalue weighted by Crippen LogP contribution is 2.19. The normalized spacial score (nSPS) is 34.9. The van der Waals surface area contributed by atoms with E-state index in [1.165, 1.54) is 19.3 Å². The quantitative estimate of drug-likeness (QED) is 0.743. The van der Waals surface area contributed by atoms with Crippen molar-refractivity contribution in [2.75, 3.05) is 19.7 Å². The van der Waals surface area contributed by atoms with E-state index < -0.39 is 0 Å². The zero-order valence-corrected chi connectivity index (χ0v) is 10.00. The van der Waals surface area contributed by atoms with Crippen molar-refractivity contribution in [3.8, 4) is 0 Å². The molecule has 2 fully saturated rings. The Morgan fingerprint density at radius 3 is 3.00 bits per heavy atom. The molecule has 92 valence electrons. The standard InChI is InChI=1S/C12H22N2O2/c1-9-6-10(8-16-9)12(15)14-7-11-4-2-3-5-13-11/h9-11,13H,2-8H2,1H3,(H,14,15). The second-order valence-electron chi connectivity index (χ2n) is 4.97. The van der Waals surface area contributed by atoms with Crippen LogP contribution in [0.15, 0.2) is 0 Å². The summed E-state index contributed by atoms with van der Waals surface area (Å²) in [4.78, 5) is 11.8. The second-order valence-corrected chi connectivity index (χ2v) is 4.97. The lowest BCUT2D eigenvalue weighted by atomic mass is 10.0. The number of ether oxygens (including phenoxy) is 1. The number of carbonyl (C=O) groups excluding carboxylic acids is 1. The predicted molar refractivity (Wildman–Crippen MR) is 62.2 cm³/mol. The Bertz CT molecular complexity index is 239. The van der Waals surface area contributed by atoms with Crippen LogP contribution in [0.5, 0.6) is 0 Å². The van der Waals surface area contributed by atoms with Gasteiger partial charge in [0.25, 0.3) is 0 Å². The Morgan fingerprint density at radius 1 is 1.50 bits per heavy atom. The van der Waals surface area contributed by atoms with Crippen LogP contribution in [0.3, 0.4) is 0 Å². The number of hydrogen-bond donors (Lipinski definition) is 2. The molecule has 0 bridgehead atoms. The third-order valence-corrected chi connectivity index (χ3v) is 3.50. The van der Waals surface area contributed by atoms with Crippen LogP contribution >= 0.6 is 0 Å². The van der Waals surface area contributed by atoms with Gasteiger partial charge in [0.15, 0.2) is 0 Å². The number of rotatable bonds is 3. The average molecular weight is 226 g/mol. The Morgan fingerprint density at radius 2 is 2.38 bits per heavy atom. The Kier molecular flexibility index (Phi) is 4.18. The molecule has 3 atom stereocenters. The van der Waals surface area contributed by atoms with Crippen molar-refractivity contribution >= 4 is 5.91 Å². The minimum Gasteiger partial charge on any atom is -0.378 e. The number of nitrogens with one attached hydrogen (secondary N) is 2. The molecule has 16 heavy (non-hydrogen) atoms. The highest BCUT2D eigenvalue weighted by molar-refractivity contribution is 5.79. The maximum Gasteiger partial charge on any atom is 0.225 e. The fourth-order valence-corrected chi connectivity index (χ4v) is 2.47. The van der Waals surface area contributed by atoms with Crippen molar-refractivity contribution in [3.05, 3.63) is 0 Å².